The van der Waals surface area contributed by atoms with Gasteiger partial charge >= 0.3 is 0 Å². The second-order valence-corrected chi connectivity index (χ2v) is 10.3. The highest BCUT2D eigenvalue weighted by Crippen LogP contribution is 2.30. The summed E-state index contributed by atoms with van der Waals surface area (Å²) in [5, 5.41) is 2.83. The molecule has 0 aromatic heterocycles. The van der Waals surface area contributed by atoms with E-state index in [4.69, 9.17) is 10.5 Å². The molecule has 1 saturated heterocycles. The lowest BCUT2D eigenvalue weighted by atomic mass is 10.1. The second kappa shape index (κ2) is 10.3. The van der Waals surface area contributed by atoms with Gasteiger partial charge in [-0.2, -0.15) is 4.31 Å². The van der Waals surface area contributed by atoms with Gasteiger partial charge in [-0.1, -0.05) is 48.0 Å². The van der Waals surface area contributed by atoms with Crippen LogP contribution in [0.1, 0.15) is 40.4 Å². The largest absolute Gasteiger partial charge is 0.475 e. The Hall–Kier alpha value is -3.69. The number of nitrogens with one attached hydrogen (secondary N) is 1. The number of carbonyl (C=O) groups excluding carboxylic acids is 2. The van der Waals surface area contributed by atoms with Crippen LogP contribution in [0, 0.1) is 6.92 Å². The summed E-state index contributed by atoms with van der Waals surface area (Å²) in [7, 11) is -3.76. The summed E-state index contributed by atoms with van der Waals surface area (Å²) < 4.78 is 33.3. The molecule has 8 nitrogen and oxygen atoms in total. The van der Waals surface area contributed by atoms with E-state index < -0.39 is 27.9 Å². The van der Waals surface area contributed by atoms with Crippen LogP contribution in [0.4, 0.5) is 5.69 Å². The fourth-order valence-electron chi connectivity index (χ4n) is 3.91. The molecular weight excluding hydrogens is 466 g/mol. The summed E-state index contributed by atoms with van der Waals surface area (Å²) in [5.74, 6) is -1.29. The summed E-state index contributed by atoms with van der Waals surface area (Å²) in [6.07, 6.45) is 0.465. The minimum Gasteiger partial charge on any atom is -0.475 e. The summed E-state index contributed by atoms with van der Waals surface area (Å²) in [5.41, 5.74) is 7.66. The number of aryl methyl sites for hydroxylation is 1. The van der Waals surface area contributed by atoms with Crippen molar-refractivity contribution in [1.29, 1.82) is 0 Å². The van der Waals surface area contributed by atoms with Crippen molar-refractivity contribution >= 4 is 27.5 Å². The molecule has 0 unspecified atom stereocenters. The Labute approximate surface area is 204 Å². The predicted molar refractivity (Wildman–Crippen MR) is 133 cm³/mol. The standard InChI is InChI=1S/C26H27N3O5S/c1-18-9-11-20(12-10-18)28-26(31)24(19-7-3-2-4-8-19)34-23-14-13-21(17-22(23)25(27)30)35(32,33)29-15-5-6-16-29/h2-4,7-14,17,24H,5-6,15-16H2,1H3,(H2,27,30)(H,28,31)/t24-/m0/s1. The lowest BCUT2D eigenvalue weighted by molar-refractivity contribution is -0.123. The second-order valence-electron chi connectivity index (χ2n) is 8.40. The highest BCUT2D eigenvalue weighted by molar-refractivity contribution is 7.89. The number of carbonyl (C=O) groups is 2. The average Bonchev–Trinajstić information content (AvgIpc) is 3.40. The van der Waals surface area contributed by atoms with Gasteiger partial charge in [0.15, 0.2) is 0 Å². The first-order valence-electron chi connectivity index (χ1n) is 11.3. The van der Waals surface area contributed by atoms with E-state index in [1.165, 1.54) is 22.5 Å². The molecule has 35 heavy (non-hydrogen) atoms. The minimum absolute atomic E-state index is 0.0192. The number of ether oxygens (including phenoxy) is 1. The molecule has 4 rings (SSSR count). The molecule has 1 atom stereocenters. The van der Waals surface area contributed by atoms with Gasteiger partial charge in [0, 0.05) is 24.3 Å². The van der Waals surface area contributed by atoms with Gasteiger partial charge < -0.3 is 15.8 Å². The van der Waals surface area contributed by atoms with Gasteiger partial charge in [0.05, 0.1) is 10.5 Å². The van der Waals surface area contributed by atoms with Crippen LogP contribution >= 0.6 is 0 Å². The lowest BCUT2D eigenvalue weighted by Gasteiger charge is -2.21. The maximum atomic E-state index is 13.2. The van der Waals surface area contributed by atoms with E-state index in [9.17, 15) is 18.0 Å². The molecule has 0 radical (unpaired) electrons. The number of amides is 2. The number of nitrogens with two attached hydrogens (primary N) is 1. The van der Waals surface area contributed by atoms with E-state index in [-0.39, 0.29) is 16.2 Å². The zero-order valence-corrected chi connectivity index (χ0v) is 20.1. The van der Waals surface area contributed by atoms with Crippen LogP contribution in [0.3, 0.4) is 0 Å². The van der Waals surface area contributed by atoms with Crippen molar-refractivity contribution in [2.24, 2.45) is 5.73 Å². The normalized spacial score (nSPS) is 14.9. The Morgan fingerprint density at radius 3 is 2.26 bits per heavy atom. The Bertz CT molecular complexity index is 1320. The summed E-state index contributed by atoms with van der Waals surface area (Å²) in [4.78, 5) is 25.5. The van der Waals surface area contributed by atoms with Crippen LogP contribution in [0.2, 0.25) is 0 Å². The fraction of sp³-hybridized carbons (Fsp3) is 0.231. The lowest BCUT2D eigenvalue weighted by Crippen LogP contribution is -2.29. The summed E-state index contributed by atoms with van der Waals surface area (Å²) in [6, 6.07) is 20.1. The molecular formula is C26H27N3O5S. The first-order chi connectivity index (χ1) is 16.8. The number of primary amides is 1. The molecule has 0 saturated carbocycles. The van der Waals surface area contributed by atoms with Crippen molar-refractivity contribution in [3.63, 3.8) is 0 Å². The van der Waals surface area contributed by atoms with Crippen molar-refractivity contribution in [2.45, 2.75) is 30.8 Å². The predicted octanol–water partition coefficient (Wildman–Crippen LogP) is 3.64. The van der Waals surface area contributed by atoms with E-state index in [0.717, 1.165) is 18.4 Å². The van der Waals surface area contributed by atoms with Crippen molar-refractivity contribution < 1.29 is 22.7 Å². The van der Waals surface area contributed by atoms with Gasteiger partial charge in [0.1, 0.15) is 5.75 Å². The van der Waals surface area contributed by atoms with Crippen molar-refractivity contribution in [3.8, 4) is 5.75 Å². The van der Waals surface area contributed by atoms with E-state index in [1.54, 1.807) is 36.4 Å². The zero-order valence-electron chi connectivity index (χ0n) is 19.3. The van der Waals surface area contributed by atoms with Crippen LogP contribution in [-0.4, -0.2) is 37.6 Å². The summed E-state index contributed by atoms with van der Waals surface area (Å²) in [6.45, 7) is 2.81. The topological polar surface area (TPSA) is 119 Å². The van der Waals surface area contributed by atoms with Crippen LogP contribution in [0.25, 0.3) is 0 Å². The van der Waals surface area contributed by atoms with E-state index in [1.807, 2.05) is 25.1 Å². The number of benzene rings is 3. The van der Waals surface area contributed by atoms with Crippen LogP contribution in [0.15, 0.2) is 77.7 Å². The molecule has 9 heteroatoms. The van der Waals surface area contributed by atoms with Gasteiger partial charge in [0.25, 0.3) is 11.8 Å². The zero-order chi connectivity index (χ0) is 25.0. The highest BCUT2D eigenvalue weighted by atomic mass is 32.2. The first kappa shape index (κ1) is 24.4. The Kier molecular flexibility index (Phi) is 7.18. The average molecular weight is 494 g/mol. The summed E-state index contributed by atoms with van der Waals surface area (Å²) >= 11 is 0. The number of anilines is 1. The van der Waals surface area contributed by atoms with Crippen LogP contribution < -0.4 is 15.8 Å². The third-order valence-electron chi connectivity index (χ3n) is 5.82. The van der Waals surface area contributed by atoms with Gasteiger partial charge in [-0.05, 0) is 50.1 Å². The fourth-order valence-corrected chi connectivity index (χ4v) is 5.46. The highest BCUT2D eigenvalue weighted by Gasteiger charge is 2.30. The van der Waals surface area contributed by atoms with Crippen molar-refractivity contribution in [1.82, 2.24) is 4.31 Å². The molecule has 1 aliphatic heterocycles. The Balaban J connectivity index is 1.67. The van der Waals surface area contributed by atoms with Gasteiger partial charge in [0.2, 0.25) is 16.1 Å². The van der Waals surface area contributed by atoms with E-state index >= 15 is 0 Å². The molecule has 3 aromatic rings. The molecule has 0 spiro atoms. The van der Waals surface area contributed by atoms with Gasteiger partial charge in [-0.15, -0.1) is 0 Å². The van der Waals surface area contributed by atoms with Crippen molar-refractivity contribution in [2.75, 3.05) is 18.4 Å². The quantitative estimate of drug-likeness (QED) is 0.497. The maximum Gasteiger partial charge on any atom is 0.270 e. The molecule has 0 bridgehead atoms. The van der Waals surface area contributed by atoms with Gasteiger partial charge in [-0.25, -0.2) is 8.42 Å². The molecule has 2 amide bonds. The smallest absolute Gasteiger partial charge is 0.270 e. The Morgan fingerprint density at radius 1 is 0.971 bits per heavy atom. The number of hydrogen-bond acceptors (Lipinski definition) is 5. The third-order valence-corrected chi connectivity index (χ3v) is 7.72. The van der Waals surface area contributed by atoms with Crippen LogP contribution in [-0.2, 0) is 14.8 Å². The van der Waals surface area contributed by atoms with Crippen molar-refractivity contribution in [3.05, 3.63) is 89.5 Å². The number of sulfonamides is 1. The first-order valence-corrected chi connectivity index (χ1v) is 12.7. The number of hydrogen-bond donors (Lipinski definition) is 2. The SMILES string of the molecule is Cc1ccc(NC(=O)[C@@H](Oc2ccc(S(=O)(=O)N3CCCC3)cc2C(N)=O)c2ccccc2)cc1. The van der Waals surface area contributed by atoms with E-state index in [2.05, 4.69) is 5.32 Å². The minimum atomic E-state index is -3.76. The van der Waals surface area contributed by atoms with Gasteiger partial charge in [-0.3, -0.25) is 9.59 Å². The third kappa shape index (κ3) is 5.52. The van der Waals surface area contributed by atoms with E-state index in [0.29, 0.717) is 24.3 Å². The number of rotatable bonds is 8. The van der Waals surface area contributed by atoms with Crippen LogP contribution in [0.5, 0.6) is 5.75 Å². The molecule has 182 valence electrons. The molecule has 1 aliphatic rings. The Morgan fingerprint density at radius 2 is 1.63 bits per heavy atom. The molecule has 3 aromatic carbocycles. The maximum absolute atomic E-state index is 13.2. The molecule has 3 N–H and O–H groups in total. The monoisotopic (exact) mass is 493 g/mol. The molecule has 1 fully saturated rings. The number of nitrogens with zero attached hydrogens (tertiary/aromatic N) is 1. The molecule has 0 aliphatic carbocycles. The molecule has 1 heterocycles.